The lowest BCUT2D eigenvalue weighted by molar-refractivity contribution is 0.441. The van der Waals surface area contributed by atoms with Gasteiger partial charge in [-0.3, -0.25) is 0 Å². The molecule has 2 aromatic rings. The minimum atomic E-state index is 0.796. The van der Waals surface area contributed by atoms with Gasteiger partial charge in [0.05, 0.1) is 9.52 Å². The van der Waals surface area contributed by atoms with E-state index in [4.69, 9.17) is 0 Å². The van der Waals surface area contributed by atoms with Crippen LogP contribution in [0.5, 0.6) is 0 Å². The molecule has 0 bridgehead atoms. The third-order valence-electron chi connectivity index (χ3n) is 5.12. The van der Waals surface area contributed by atoms with Crippen molar-refractivity contribution in [2.24, 2.45) is 0 Å². The minimum Gasteiger partial charge on any atom is -0.0731 e. The predicted octanol–water partition coefficient (Wildman–Crippen LogP) is 5.32. The third kappa shape index (κ3) is 4.05. The van der Waals surface area contributed by atoms with Crippen LogP contribution in [0.25, 0.3) is 11.1 Å². The van der Waals surface area contributed by atoms with E-state index in [-0.39, 0.29) is 0 Å². The fraction of sp³-hybridized carbons (Fsp3) is 0.429. The molecule has 0 aromatic heterocycles. The molecule has 0 heterocycles. The first-order valence-electron chi connectivity index (χ1n) is 8.92. The van der Waals surface area contributed by atoms with Crippen LogP contribution in [-0.4, -0.2) is 19.0 Å². The molecule has 2 heteroatoms. The summed E-state index contributed by atoms with van der Waals surface area (Å²) < 4.78 is 0. The Kier molecular flexibility index (Phi) is 5.90. The highest BCUT2D eigenvalue weighted by Gasteiger charge is 2.21. The first-order chi connectivity index (χ1) is 11.3. The fourth-order valence-corrected chi connectivity index (χ4v) is 5.65. The molecule has 2 aromatic carbocycles. The van der Waals surface area contributed by atoms with Gasteiger partial charge >= 0.3 is 0 Å². The normalized spacial score (nSPS) is 21.3. The van der Waals surface area contributed by atoms with E-state index in [2.05, 4.69) is 62.0 Å². The summed E-state index contributed by atoms with van der Waals surface area (Å²) in [7, 11) is 2.04. The van der Waals surface area contributed by atoms with Crippen molar-refractivity contribution >= 4 is 24.2 Å². The van der Waals surface area contributed by atoms with Crippen LogP contribution in [0.1, 0.15) is 44.1 Å². The monoisotopic (exact) mass is 334 g/mol. The highest BCUT2D eigenvalue weighted by Crippen LogP contribution is 2.38. The summed E-state index contributed by atoms with van der Waals surface area (Å²) in [4.78, 5) is 0. The Morgan fingerprint density at radius 3 is 2.26 bits per heavy atom. The van der Waals surface area contributed by atoms with Crippen molar-refractivity contribution in [3.63, 3.8) is 0 Å². The second kappa shape index (κ2) is 8.12. The molecular weight excluding hydrogens is 308 g/mol. The molecule has 0 N–H and O–H groups in total. The van der Waals surface area contributed by atoms with E-state index >= 15 is 0 Å². The van der Waals surface area contributed by atoms with E-state index in [0.717, 1.165) is 30.5 Å². The van der Waals surface area contributed by atoms with Gasteiger partial charge in [0.15, 0.2) is 0 Å². The van der Waals surface area contributed by atoms with Crippen molar-refractivity contribution in [3.8, 4) is 11.1 Å². The first-order valence-corrected chi connectivity index (χ1v) is 11.7. The molecule has 0 amide bonds. The molecule has 0 aliphatic heterocycles. The molecule has 0 atom stereocenters. The van der Waals surface area contributed by atoms with E-state index < -0.39 is 0 Å². The van der Waals surface area contributed by atoms with Gasteiger partial charge in [0.1, 0.15) is 0 Å². The fourth-order valence-electron chi connectivity index (χ4n) is 3.73. The van der Waals surface area contributed by atoms with Crippen molar-refractivity contribution in [2.75, 3.05) is 0 Å². The lowest BCUT2D eigenvalue weighted by Crippen LogP contribution is -2.15. The molecule has 23 heavy (non-hydrogen) atoms. The Bertz CT molecular complexity index is 610. The quantitative estimate of drug-likeness (QED) is 0.649. The molecule has 118 valence electrons. The van der Waals surface area contributed by atoms with Crippen LogP contribution >= 0.6 is 0 Å². The lowest BCUT2D eigenvalue weighted by atomic mass is 9.83. The molecule has 3 rings (SSSR count). The van der Waals surface area contributed by atoms with Gasteiger partial charge in [0.2, 0.25) is 0 Å². The van der Waals surface area contributed by atoms with Crippen LogP contribution in [0.2, 0.25) is 18.1 Å². The molecule has 1 fully saturated rings. The number of benzene rings is 2. The average molecular weight is 335 g/mol. The maximum absolute atomic E-state index is 2.39. The van der Waals surface area contributed by atoms with Crippen LogP contribution < -0.4 is 5.19 Å². The second-order valence-corrected chi connectivity index (χ2v) is 9.53. The van der Waals surface area contributed by atoms with Crippen LogP contribution in [0.4, 0.5) is 0 Å². The summed E-state index contributed by atoms with van der Waals surface area (Å²) in [6.07, 6.45) is 5.64. The zero-order chi connectivity index (χ0) is 16.1. The highest BCUT2D eigenvalue weighted by molar-refractivity contribution is 6.55. The molecule has 1 saturated carbocycles. The van der Waals surface area contributed by atoms with Crippen LogP contribution in [0.3, 0.4) is 0 Å². The maximum atomic E-state index is 2.39. The van der Waals surface area contributed by atoms with Gasteiger partial charge in [-0.25, -0.2) is 0 Å². The number of hydrogen-bond acceptors (Lipinski definition) is 0. The van der Waals surface area contributed by atoms with E-state index in [1.54, 1.807) is 5.56 Å². The van der Waals surface area contributed by atoms with Gasteiger partial charge < -0.3 is 0 Å². The standard InChI is InChI=1S/C21H26Si2/c1-3-23-21-7-5-4-6-20(21)18-10-8-16(9-11-18)17-12-14-19(22-2)15-13-17/h4-11,17,19H,3,12-15H2,1-2H3. The summed E-state index contributed by atoms with van der Waals surface area (Å²) in [6, 6.07) is 19.6. The third-order valence-corrected chi connectivity index (χ3v) is 7.69. The van der Waals surface area contributed by atoms with E-state index in [9.17, 15) is 0 Å². The Balaban J connectivity index is 1.75. The van der Waals surface area contributed by atoms with Crippen molar-refractivity contribution in [1.29, 1.82) is 0 Å². The Morgan fingerprint density at radius 2 is 1.61 bits per heavy atom. The molecule has 0 unspecified atom stereocenters. The molecule has 0 nitrogen and oxygen atoms in total. The molecule has 0 saturated heterocycles. The maximum Gasteiger partial charge on any atom is 0.0813 e. The number of rotatable bonds is 5. The first kappa shape index (κ1) is 16.7. The zero-order valence-electron chi connectivity index (χ0n) is 14.3. The smallest absolute Gasteiger partial charge is 0.0731 e. The summed E-state index contributed by atoms with van der Waals surface area (Å²) in [5, 5.41) is 1.51. The zero-order valence-corrected chi connectivity index (χ0v) is 16.3. The van der Waals surface area contributed by atoms with E-state index in [1.807, 2.05) is 0 Å². The summed E-state index contributed by atoms with van der Waals surface area (Å²) in [6.45, 7) is 4.64. The Hall–Kier alpha value is -1.13. The summed E-state index contributed by atoms with van der Waals surface area (Å²) in [5.41, 5.74) is 5.37. The van der Waals surface area contributed by atoms with Crippen LogP contribution in [0, 0.1) is 0 Å². The van der Waals surface area contributed by atoms with Crippen molar-refractivity contribution in [3.05, 3.63) is 54.1 Å². The lowest BCUT2D eigenvalue weighted by Gasteiger charge is -2.28. The topological polar surface area (TPSA) is 0 Å². The Morgan fingerprint density at radius 1 is 0.913 bits per heavy atom. The summed E-state index contributed by atoms with van der Waals surface area (Å²) >= 11 is 0. The van der Waals surface area contributed by atoms with Gasteiger partial charge in [0.25, 0.3) is 0 Å². The van der Waals surface area contributed by atoms with Crippen LogP contribution in [0.15, 0.2) is 48.5 Å². The molecule has 0 spiro atoms. The Labute approximate surface area is 146 Å². The van der Waals surface area contributed by atoms with Gasteiger partial charge in [0, 0.05) is 9.52 Å². The molecule has 1 aliphatic rings. The van der Waals surface area contributed by atoms with E-state index in [0.29, 0.717) is 0 Å². The average Bonchev–Trinajstić information content (AvgIpc) is 2.63. The van der Waals surface area contributed by atoms with Gasteiger partial charge in [-0.05, 0) is 41.0 Å². The predicted molar refractivity (Wildman–Crippen MR) is 104 cm³/mol. The molecule has 1 aliphatic carbocycles. The molecular formula is C21H26Si2. The van der Waals surface area contributed by atoms with Gasteiger partial charge in [-0.15, -0.1) is 0 Å². The minimum absolute atomic E-state index is 0.796. The van der Waals surface area contributed by atoms with E-state index in [1.165, 1.54) is 48.0 Å². The van der Waals surface area contributed by atoms with Gasteiger partial charge in [-0.1, -0.05) is 86.1 Å². The van der Waals surface area contributed by atoms with Crippen molar-refractivity contribution < 1.29 is 0 Å². The van der Waals surface area contributed by atoms with Crippen molar-refractivity contribution in [2.45, 2.75) is 56.7 Å². The number of hydrogen-bond donors (Lipinski definition) is 0. The van der Waals surface area contributed by atoms with Crippen LogP contribution in [-0.2, 0) is 0 Å². The molecule has 4 radical (unpaired) electrons. The van der Waals surface area contributed by atoms with Gasteiger partial charge in [-0.2, -0.15) is 0 Å². The highest BCUT2D eigenvalue weighted by atomic mass is 28.2. The second-order valence-electron chi connectivity index (χ2n) is 6.54. The largest absolute Gasteiger partial charge is 0.0813 e. The van der Waals surface area contributed by atoms with Crippen molar-refractivity contribution in [1.82, 2.24) is 0 Å². The SMILES string of the molecule is CC[Si]c1ccccc1-c1ccc(C2CCC([Si]C)CC2)cc1. The summed E-state index contributed by atoms with van der Waals surface area (Å²) in [5.74, 6) is 0.796.